The Morgan fingerprint density at radius 3 is 2.03 bits per heavy atom. The van der Waals surface area contributed by atoms with Crippen LogP contribution in [0.2, 0.25) is 0 Å². The molecule has 4 aliphatic rings. The first-order chi connectivity index (χ1) is 13.8. The van der Waals surface area contributed by atoms with E-state index in [1.807, 2.05) is 20.1 Å². The van der Waals surface area contributed by atoms with E-state index in [0.29, 0.717) is 24.2 Å². The average Bonchev–Trinajstić information content (AvgIpc) is 2.66. The van der Waals surface area contributed by atoms with Gasteiger partial charge in [0, 0.05) is 5.41 Å². The minimum Gasteiger partial charge on any atom is -0.467 e. The fraction of sp³-hybridized carbons (Fsp3) is 0.864. The smallest absolute Gasteiger partial charge is 0.328 e. The van der Waals surface area contributed by atoms with Crippen LogP contribution in [-0.4, -0.2) is 49.0 Å². The van der Waals surface area contributed by atoms with E-state index in [4.69, 9.17) is 4.74 Å². The molecule has 0 saturated heterocycles. The van der Waals surface area contributed by atoms with Crippen molar-refractivity contribution in [2.45, 2.75) is 70.9 Å². The number of amides is 2. The van der Waals surface area contributed by atoms with E-state index in [2.05, 4.69) is 10.6 Å². The van der Waals surface area contributed by atoms with Gasteiger partial charge in [0.15, 0.2) is 0 Å². The summed E-state index contributed by atoms with van der Waals surface area (Å²) in [6, 6.07) is -1.32. The minimum atomic E-state index is -0.683. The van der Waals surface area contributed by atoms with E-state index in [1.54, 1.807) is 11.8 Å². The van der Waals surface area contributed by atoms with Crippen LogP contribution in [0.3, 0.4) is 0 Å². The molecule has 4 saturated carbocycles. The van der Waals surface area contributed by atoms with Crippen molar-refractivity contribution >= 4 is 29.5 Å². The van der Waals surface area contributed by atoms with Crippen molar-refractivity contribution in [2.75, 3.05) is 19.1 Å². The van der Waals surface area contributed by atoms with E-state index in [0.717, 1.165) is 25.0 Å². The van der Waals surface area contributed by atoms with Gasteiger partial charge in [0.1, 0.15) is 12.1 Å². The lowest BCUT2D eigenvalue weighted by Crippen LogP contribution is -2.59. The molecule has 0 spiro atoms. The summed E-state index contributed by atoms with van der Waals surface area (Å²) in [5, 5.41) is 5.90. The molecular weight excluding hydrogens is 388 g/mol. The number of methoxy groups -OCH3 is 1. The molecule has 0 radical (unpaired) electrons. The lowest BCUT2D eigenvalue weighted by molar-refractivity contribution is -0.149. The highest BCUT2D eigenvalue weighted by atomic mass is 32.2. The van der Waals surface area contributed by atoms with Gasteiger partial charge in [-0.2, -0.15) is 11.8 Å². The Morgan fingerprint density at radius 2 is 1.59 bits per heavy atom. The maximum absolute atomic E-state index is 13.4. The molecule has 4 aliphatic carbocycles. The van der Waals surface area contributed by atoms with Crippen LogP contribution < -0.4 is 10.6 Å². The fourth-order valence-electron chi connectivity index (χ4n) is 6.11. The van der Waals surface area contributed by atoms with Gasteiger partial charge < -0.3 is 15.4 Å². The maximum Gasteiger partial charge on any atom is 0.328 e. The zero-order chi connectivity index (χ0) is 21.2. The molecule has 29 heavy (non-hydrogen) atoms. The summed E-state index contributed by atoms with van der Waals surface area (Å²) in [7, 11) is 1.33. The van der Waals surface area contributed by atoms with Crippen molar-refractivity contribution < 1.29 is 19.1 Å². The largest absolute Gasteiger partial charge is 0.467 e. The second-order valence-electron chi connectivity index (χ2n) is 9.76. The van der Waals surface area contributed by atoms with E-state index in [-0.39, 0.29) is 23.1 Å². The van der Waals surface area contributed by atoms with Crippen LogP contribution in [0.1, 0.15) is 58.8 Å². The van der Waals surface area contributed by atoms with Gasteiger partial charge in [-0.15, -0.1) is 0 Å². The van der Waals surface area contributed by atoms with Gasteiger partial charge in [-0.3, -0.25) is 9.59 Å². The molecule has 0 unspecified atom stereocenters. The molecule has 2 amide bonds. The van der Waals surface area contributed by atoms with E-state index >= 15 is 0 Å². The number of nitrogens with one attached hydrogen (secondary N) is 2. The molecule has 164 valence electrons. The van der Waals surface area contributed by atoms with Crippen LogP contribution in [0.25, 0.3) is 0 Å². The molecule has 4 bridgehead atoms. The maximum atomic E-state index is 13.4. The summed E-state index contributed by atoms with van der Waals surface area (Å²) in [4.78, 5) is 38.4. The first-order valence-corrected chi connectivity index (χ1v) is 12.4. The molecule has 6 nitrogen and oxygen atoms in total. The quantitative estimate of drug-likeness (QED) is 0.556. The Labute approximate surface area is 178 Å². The zero-order valence-electron chi connectivity index (χ0n) is 18.2. The second-order valence-corrected chi connectivity index (χ2v) is 10.7. The van der Waals surface area contributed by atoms with Gasteiger partial charge in [-0.05, 0) is 80.6 Å². The molecule has 0 aliphatic heterocycles. The topological polar surface area (TPSA) is 84.5 Å². The normalized spacial score (nSPS) is 32.0. The molecule has 0 aromatic heterocycles. The van der Waals surface area contributed by atoms with Crippen molar-refractivity contribution in [1.29, 1.82) is 0 Å². The van der Waals surface area contributed by atoms with Crippen molar-refractivity contribution in [3.05, 3.63) is 0 Å². The van der Waals surface area contributed by atoms with Crippen molar-refractivity contribution in [3.63, 3.8) is 0 Å². The third-order valence-corrected chi connectivity index (χ3v) is 7.81. The van der Waals surface area contributed by atoms with Crippen LogP contribution >= 0.6 is 11.8 Å². The highest BCUT2D eigenvalue weighted by molar-refractivity contribution is 7.98. The van der Waals surface area contributed by atoms with Crippen molar-refractivity contribution in [2.24, 2.45) is 29.1 Å². The van der Waals surface area contributed by atoms with Crippen LogP contribution in [0, 0.1) is 29.1 Å². The Kier molecular flexibility index (Phi) is 7.18. The van der Waals surface area contributed by atoms with Crippen LogP contribution in [0.4, 0.5) is 0 Å². The van der Waals surface area contributed by atoms with E-state index in [9.17, 15) is 14.4 Å². The molecule has 2 N–H and O–H groups in total. The zero-order valence-corrected chi connectivity index (χ0v) is 19.0. The predicted molar refractivity (Wildman–Crippen MR) is 114 cm³/mol. The Hall–Kier alpha value is -1.24. The molecule has 2 atom stereocenters. The number of rotatable bonds is 9. The van der Waals surface area contributed by atoms with Gasteiger partial charge in [0.25, 0.3) is 0 Å². The number of carbonyl (C=O) groups excluding carboxylic acids is 3. The Bertz CT molecular complexity index is 601. The summed E-state index contributed by atoms with van der Waals surface area (Å²) >= 11 is 1.61. The predicted octanol–water partition coefficient (Wildman–Crippen LogP) is 2.75. The van der Waals surface area contributed by atoms with E-state index in [1.165, 1.54) is 26.4 Å². The number of ether oxygens (including phenoxy) is 1. The summed E-state index contributed by atoms with van der Waals surface area (Å²) in [5.41, 5.74) is -0.289. The van der Waals surface area contributed by atoms with Crippen molar-refractivity contribution in [3.8, 4) is 0 Å². The van der Waals surface area contributed by atoms with Gasteiger partial charge >= 0.3 is 5.97 Å². The molecule has 0 aromatic rings. The average molecular weight is 425 g/mol. The Balaban J connectivity index is 1.67. The van der Waals surface area contributed by atoms with Gasteiger partial charge in [0.2, 0.25) is 11.8 Å². The monoisotopic (exact) mass is 424 g/mol. The van der Waals surface area contributed by atoms with Crippen LogP contribution in [0.15, 0.2) is 0 Å². The lowest BCUT2D eigenvalue weighted by Gasteiger charge is -2.55. The number of esters is 1. The molecule has 0 heterocycles. The van der Waals surface area contributed by atoms with Crippen LogP contribution in [-0.2, 0) is 19.1 Å². The summed E-state index contributed by atoms with van der Waals surface area (Å²) in [6.45, 7) is 3.86. The first kappa shape index (κ1) is 22.4. The Morgan fingerprint density at radius 1 is 1.03 bits per heavy atom. The molecular formula is C22H36N2O4S. The molecule has 0 aromatic carbocycles. The van der Waals surface area contributed by atoms with Gasteiger partial charge in [-0.1, -0.05) is 13.8 Å². The van der Waals surface area contributed by atoms with Gasteiger partial charge in [0.05, 0.1) is 7.11 Å². The standard InChI is InChI=1S/C22H36N2O4S/c1-13(2)18(19(25)23-17(5-6-29-4)20(26)28-3)24-21(27)22-10-14-7-15(11-22)9-16(8-14)12-22/h13-18H,5-12H2,1-4H3,(H,23,25)(H,24,27)/t14?,15?,16?,17-,18-,22?/m1/s1. The minimum absolute atomic E-state index is 0.0455. The highest BCUT2D eigenvalue weighted by Crippen LogP contribution is 2.60. The molecule has 4 rings (SSSR count). The highest BCUT2D eigenvalue weighted by Gasteiger charge is 2.55. The van der Waals surface area contributed by atoms with Crippen molar-refractivity contribution in [1.82, 2.24) is 10.6 Å². The number of carbonyl (C=O) groups is 3. The van der Waals surface area contributed by atoms with Crippen LogP contribution in [0.5, 0.6) is 0 Å². The number of hydrogen-bond acceptors (Lipinski definition) is 5. The summed E-state index contributed by atoms with van der Waals surface area (Å²) in [6.07, 6.45) is 9.19. The third kappa shape index (κ3) is 4.92. The summed E-state index contributed by atoms with van der Waals surface area (Å²) in [5.74, 6) is 2.01. The lowest BCUT2D eigenvalue weighted by atomic mass is 9.49. The number of thioether (sulfide) groups is 1. The molecule has 7 heteroatoms. The fourth-order valence-corrected chi connectivity index (χ4v) is 6.58. The van der Waals surface area contributed by atoms with Gasteiger partial charge in [-0.25, -0.2) is 4.79 Å². The SMILES string of the molecule is COC(=O)[C@@H](CCSC)NC(=O)[C@H](NC(=O)C12CC3CC(CC(C3)C1)C2)C(C)C. The number of hydrogen-bond donors (Lipinski definition) is 2. The van der Waals surface area contributed by atoms with E-state index < -0.39 is 18.1 Å². The summed E-state index contributed by atoms with van der Waals surface area (Å²) < 4.78 is 4.85. The second kappa shape index (κ2) is 9.27. The third-order valence-electron chi connectivity index (χ3n) is 7.17. The molecule has 4 fully saturated rings. The first-order valence-electron chi connectivity index (χ1n) is 11.0.